The monoisotopic (exact) mass is 388 g/mol. The second-order valence-corrected chi connectivity index (χ2v) is 6.59. The van der Waals surface area contributed by atoms with E-state index in [1.54, 1.807) is 0 Å². The van der Waals surface area contributed by atoms with Crippen LogP contribution in [0.3, 0.4) is 0 Å². The summed E-state index contributed by atoms with van der Waals surface area (Å²) in [6, 6.07) is 9.88. The molecule has 0 spiro atoms. The van der Waals surface area contributed by atoms with E-state index in [0.717, 1.165) is 12.8 Å². The minimum Gasteiger partial charge on any atom is -0.454 e. The number of benzene rings is 1. The fourth-order valence-corrected chi connectivity index (χ4v) is 2.84. The minimum atomic E-state index is -0.687. The van der Waals surface area contributed by atoms with Crippen molar-refractivity contribution >= 4 is 17.6 Å². The summed E-state index contributed by atoms with van der Waals surface area (Å²) in [6.07, 6.45) is 1.60. The Bertz CT molecular complexity index is 848. The van der Waals surface area contributed by atoms with Gasteiger partial charge in [0.05, 0.1) is 4.92 Å². The van der Waals surface area contributed by atoms with Crippen LogP contribution in [0.2, 0.25) is 0 Å². The van der Waals surface area contributed by atoms with Crippen molar-refractivity contribution in [3.05, 3.63) is 57.4 Å². The van der Waals surface area contributed by atoms with Gasteiger partial charge in [0, 0.05) is 6.04 Å². The molecule has 150 valence electrons. The third-order valence-corrected chi connectivity index (χ3v) is 4.29. The van der Waals surface area contributed by atoms with Gasteiger partial charge in [-0.1, -0.05) is 30.3 Å². The normalized spacial score (nSPS) is 11.7. The fourth-order valence-electron chi connectivity index (χ4n) is 2.84. The number of hydrogen-bond acceptors (Lipinski definition) is 6. The van der Waals surface area contributed by atoms with Gasteiger partial charge >= 0.3 is 11.7 Å². The topological polar surface area (TPSA) is 116 Å². The minimum absolute atomic E-state index is 0.0648. The number of nitro groups is 1. The third-order valence-electron chi connectivity index (χ3n) is 4.29. The zero-order chi connectivity index (χ0) is 20.7. The number of nitrogens with one attached hydrogen (secondary N) is 1. The number of aryl methyl sites for hydroxylation is 2. The molecule has 0 radical (unpaired) electrons. The molecule has 1 aromatic carbocycles. The fraction of sp³-hybridized carbons (Fsp3) is 0.421. The van der Waals surface area contributed by atoms with E-state index < -0.39 is 23.4 Å². The molecule has 0 bridgehead atoms. The lowest BCUT2D eigenvalue weighted by molar-refractivity contribution is -0.386. The molecule has 28 heavy (non-hydrogen) atoms. The highest BCUT2D eigenvalue weighted by atomic mass is 16.6. The first-order valence-electron chi connectivity index (χ1n) is 8.95. The van der Waals surface area contributed by atoms with Crippen LogP contribution in [0.1, 0.15) is 30.3 Å². The average molecular weight is 388 g/mol. The highest BCUT2D eigenvalue weighted by Gasteiger charge is 2.23. The van der Waals surface area contributed by atoms with Gasteiger partial charge in [0.15, 0.2) is 6.61 Å². The molecule has 2 aromatic rings. The van der Waals surface area contributed by atoms with Gasteiger partial charge in [-0.3, -0.25) is 24.4 Å². The van der Waals surface area contributed by atoms with Gasteiger partial charge in [-0.2, -0.15) is 5.10 Å². The van der Waals surface area contributed by atoms with E-state index >= 15 is 0 Å². The Kier molecular flexibility index (Phi) is 7.25. The van der Waals surface area contributed by atoms with Crippen LogP contribution in [-0.2, 0) is 27.3 Å². The van der Waals surface area contributed by atoms with E-state index in [2.05, 4.69) is 10.4 Å². The van der Waals surface area contributed by atoms with Crippen molar-refractivity contribution in [2.45, 2.75) is 46.2 Å². The largest absolute Gasteiger partial charge is 0.454 e. The Morgan fingerprint density at radius 2 is 1.96 bits per heavy atom. The second kappa shape index (κ2) is 9.63. The Morgan fingerprint density at radius 3 is 2.57 bits per heavy atom. The van der Waals surface area contributed by atoms with Gasteiger partial charge in [0.1, 0.15) is 17.9 Å². The first kappa shape index (κ1) is 21.1. The predicted octanol–water partition coefficient (Wildman–Crippen LogP) is 2.09. The lowest BCUT2D eigenvalue weighted by atomic mass is 10.1. The van der Waals surface area contributed by atoms with E-state index in [1.165, 1.54) is 24.1 Å². The number of aromatic nitrogens is 2. The summed E-state index contributed by atoms with van der Waals surface area (Å²) in [6.45, 7) is 4.19. The smallest absolute Gasteiger partial charge is 0.328 e. The summed E-state index contributed by atoms with van der Waals surface area (Å²) < 4.78 is 6.16. The van der Waals surface area contributed by atoms with Gasteiger partial charge in [0.2, 0.25) is 0 Å². The van der Waals surface area contributed by atoms with E-state index in [-0.39, 0.29) is 29.7 Å². The Balaban J connectivity index is 1.75. The molecule has 9 heteroatoms. The molecule has 1 heterocycles. The van der Waals surface area contributed by atoms with Crippen LogP contribution < -0.4 is 5.32 Å². The van der Waals surface area contributed by atoms with Crippen LogP contribution in [0.25, 0.3) is 0 Å². The first-order valence-corrected chi connectivity index (χ1v) is 8.95. The zero-order valence-electron chi connectivity index (χ0n) is 16.2. The van der Waals surface area contributed by atoms with Crippen molar-refractivity contribution in [3.63, 3.8) is 0 Å². The van der Waals surface area contributed by atoms with Gasteiger partial charge in [-0.25, -0.2) is 0 Å². The third kappa shape index (κ3) is 5.90. The average Bonchev–Trinajstić information content (AvgIpc) is 2.92. The van der Waals surface area contributed by atoms with E-state index in [9.17, 15) is 19.7 Å². The number of ether oxygens (including phenoxy) is 1. The maximum absolute atomic E-state index is 11.9. The van der Waals surface area contributed by atoms with Crippen molar-refractivity contribution in [3.8, 4) is 0 Å². The molecule has 0 unspecified atom stereocenters. The SMILES string of the molecule is Cc1nn(CC(=O)OCC(=O)N[C@H](C)CCc2ccccc2)c(C)c1[N+](=O)[O-]. The lowest BCUT2D eigenvalue weighted by Gasteiger charge is -2.14. The number of nitrogens with zero attached hydrogens (tertiary/aromatic N) is 3. The van der Waals surface area contributed by atoms with Gasteiger partial charge in [-0.05, 0) is 39.2 Å². The summed E-state index contributed by atoms with van der Waals surface area (Å²) in [4.78, 5) is 34.3. The van der Waals surface area contributed by atoms with Crippen LogP contribution in [0.15, 0.2) is 30.3 Å². The molecule has 2 rings (SSSR count). The predicted molar refractivity (Wildman–Crippen MR) is 102 cm³/mol. The molecule has 1 aromatic heterocycles. The van der Waals surface area contributed by atoms with Crippen LogP contribution in [0.5, 0.6) is 0 Å². The van der Waals surface area contributed by atoms with Crippen LogP contribution in [-0.4, -0.2) is 39.2 Å². The standard InChI is InChI=1S/C19H24N4O5/c1-13(9-10-16-7-5-4-6-8-16)20-17(24)12-28-18(25)11-22-15(3)19(23(26)27)14(2)21-22/h4-8,13H,9-12H2,1-3H3,(H,20,24)/t13-/m1/s1. The summed E-state index contributed by atoms with van der Waals surface area (Å²) in [5, 5.41) is 17.7. The molecule has 1 N–H and O–H groups in total. The number of esters is 1. The molecule has 1 atom stereocenters. The summed E-state index contributed by atoms with van der Waals surface area (Å²) in [5.41, 5.74) is 1.55. The molecule has 0 fully saturated rings. The van der Waals surface area contributed by atoms with E-state index in [1.807, 2.05) is 37.3 Å². The van der Waals surface area contributed by atoms with Crippen LogP contribution in [0, 0.1) is 24.0 Å². The quantitative estimate of drug-likeness (QED) is 0.399. The summed E-state index contributed by atoms with van der Waals surface area (Å²) in [5.74, 6) is -1.08. The summed E-state index contributed by atoms with van der Waals surface area (Å²) >= 11 is 0. The molecule has 0 aliphatic rings. The molecule has 9 nitrogen and oxygen atoms in total. The Hall–Kier alpha value is -3.23. The number of rotatable bonds is 9. The van der Waals surface area contributed by atoms with Crippen molar-refractivity contribution in [1.82, 2.24) is 15.1 Å². The molecular formula is C19H24N4O5. The van der Waals surface area contributed by atoms with Gasteiger partial charge in [0.25, 0.3) is 5.91 Å². The van der Waals surface area contributed by atoms with Gasteiger partial charge in [-0.15, -0.1) is 0 Å². The van der Waals surface area contributed by atoms with Crippen LogP contribution >= 0.6 is 0 Å². The van der Waals surface area contributed by atoms with E-state index in [4.69, 9.17) is 4.74 Å². The molecule has 1 amide bonds. The van der Waals surface area contributed by atoms with Crippen molar-refractivity contribution in [2.75, 3.05) is 6.61 Å². The Morgan fingerprint density at radius 1 is 1.29 bits per heavy atom. The summed E-state index contributed by atoms with van der Waals surface area (Å²) in [7, 11) is 0. The van der Waals surface area contributed by atoms with Gasteiger partial charge < -0.3 is 10.1 Å². The highest BCUT2D eigenvalue weighted by molar-refractivity contribution is 5.80. The number of carbonyl (C=O) groups is 2. The molecule has 0 aliphatic carbocycles. The van der Waals surface area contributed by atoms with Crippen molar-refractivity contribution in [2.24, 2.45) is 0 Å². The van der Waals surface area contributed by atoms with Crippen LogP contribution in [0.4, 0.5) is 5.69 Å². The highest BCUT2D eigenvalue weighted by Crippen LogP contribution is 2.21. The maximum Gasteiger partial charge on any atom is 0.328 e. The maximum atomic E-state index is 11.9. The molecule has 0 aliphatic heterocycles. The molecule has 0 saturated carbocycles. The zero-order valence-corrected chi connectivity index (χ0v) is 16.2. The van der Waals surface area contributed by atoms with Crippen molar-refractivity contribution < 1.29 is 19.2 Å². The Labute approximate surface area is 162 Å². The second-order valence-electron chi connectivity index (χ2n) is 6.59. The first-order chi connectivity index (χ1) is 13.3. The lowest BCUT2D eigenvalue weighted by Crippen LogP contribution is -2.36. The number of carbonyl (C=O) groups excluding carboxylic acids is 2. The van der Waals surface area contributed by atoms with Crippen molar-refractivity contribution in [1.29, 1.82) is 0 Å². The van der Waals surface area contributed by atoms with E-state index in [0.29, 0.717) is 0 Å². The number of hydrogen-bond donors (Lipinski definition) is 1. The molecular weight excluding hydrogens is 364 g/mol. The number of amides is 1. The molecule has 0 saturated heterocycles.